The van der Waals surface area contributed by atoms with Gasteiger partial charge in [0.15, 0.2) is 0 Å². The summed E-state index contributed by atoms with van der Waals surface area (Å²) in [5.74, 6) is -1.36. The van der Waals surface area contributed by atoms with E-state index in [4.69, 9.17) is 9.47 Å². The number of halogens is 1. The Morgan fingerprint density at radius 3 is 2.19 bits per heavy atom. The number of aryl methyl sites for hydroxylation is 1. The van der Waals surface area contributed by atoms with Crippen LogP contribution in [0, 0.1) is 5.82 Å². The van der Waals surface area contributed by atoms with Gasteiger partial charge in [0.25, 0.3) is 11.7 Å². The Balaban J connectivity index is 1.65. The number of amides is 1. The Morgan fingerprint density at radius 2 is 1.58 bits per heavy atom. The number of hydrogen-bond donors (Lipinski definition) is 1. The first-order valence-corrected chi connectivity index (χ1v) is 11.8. The Labute approximate surface area is 209 Å². The molecule has 1 saturated heterocycles. The molecule has 3 aromatic carbocycles. The number of methoxy groups -OCH3 is 1. The fourth-order valence-corrected chi connectivity index (χ4v) is 4.19. The highest BCUT2D eigenvalue weighted by atomic mass is 19.1. The molecule has 0 bridgehead atoms. The summed E-state index contributed by atoms with van der Waals surface area (Å²) in [5, 5.41) is 11.1. The van der Waals surface area contributed by atoms with Crippen molar-refractivity contribution in [2.45, 2.75) is 26.0 Å². The van der Waals surface area contributed by atoms with Crippen molar-refractivity contribution in [1.82, 2.24) is 4.90 Å². The van der Waals surface area contributed by atoms with Crippen molar-refractivity contribution in [3.8, 4) is 5.75 Å². The third kappa shape index (κ3) is 5.31. The van der Waals surface area contributed by atoms with Gasteiger partial charge in [0.05, 0.1) is 18.2 Å². The number of nitrogens with zero attached hydrogens (tertiary/aromatic N) is 1. The molecule has 1 amide bonds. The number of ether oxygens (including phenoxy) is 2. The minimum Gasteiger partial charge on any atom is -0.507 e. The zero-order chi connectivity index (χ0) is 25.7. The molecular formula is C29H28FNO5. The summed E-state index contributed by atoms with van der Waals surface area (Å²) in [6.45, 7) is 2.73. The lowest BCUT2D eigenvalue weighted by Gasteiger charge is -2.25. The third-order valence-corrected chi connectivity index (χ3v) is 6.23. The van der Waals surface area contributed by atoms with Crippen LogP contribution >= 0.6 is 0 Å². The zero-order valence-corrected chi connectivity index (χ0v) is 20.2. The molecule has 1 heterocycles. The number of aliphatic hydroxyl groups excluding tert-OH is 1. The minimum absolute atomic E-state index is 0.0420. The Bertz CT molecular complexity index is 1250. The van der Waals surface area contributed by atoms with Crippen LogP contribution in [0.25, 0.3) is 5.76 Å². The number of aliphatic hydroxyl groups is 1. The van der Waals surface area contributed by atoms with Gasteiger partial charge in [-0.3, -0.25) is 9.59 Å². The van der Waals surface area contributed by atoms with E-state index in [1.165, 1.54) is 24.1 Å². The smallest absolute Gasteiger partial charge is 0.295 e. The molecule has 7 heteroatoms. The average Bonchev–Trinajstić information content (AvgIpc) is 3.16. The molecule has 1 unspecified atom stereocenters. The standard InChI is InChI=1S/C29H28FNO5/c1-3-19-4-8-22(9-5-19)27(32)25-26(31(16-17-35-2)29(34)28(25)33)21-10-14-24(15-11-21)36-18-20-6-12-23(30)13-7-20/h4-15,26,32H,3,16-18H2,1-2H3/b27-25-. The van der Waals surface area contributed by atoms with Crippen molar-refractivity contribution < 1.29 is 28.6 Å². The molecule has 1 aliphatic rings. The molecule has 1 N–H and O–H groups in total. The molecule has 6 nitrogen and oxygen atoms in total. The summed E-state index contributed by atoms with van der Waals surface area (Å²) >= 11 is 0. The lowest BCUT2D eigenvalue weighted by atomic mass is 9.95. The van der Waals surface area contributed by atoms with Crippen molar-refractivity contribution in [1.29, 1.82) is 0 Å². The fraction of sp³-hybridized carbons (Fsp3) is 0.241. The maximum absolute atomic E-state index is 13.1. The molecule has 0 spiro atoms. The van der Waals surface area contributed by atoms with Gasteiger partial charge < -0.3 is 19.5 Å². The van der Waals surface area contributed by atoms with Gasteiger partial charge in [0, 0.05) is 19.2 Å². The Morgan fingerprint density at radius 1 is 0.944 bits per heavy atom. The Kier molecular flexibility index (Phi) is 7.80. The number of carbonyl (C=O) groups is 2. The van der Waals surface area contributed by atoms with Gasteiger partial charge in [-0.25, -0.2) is 4.39 Å². The van der Waals surface area contributed by atoms with Crippen LogP contribution in [0.2, 0.25) is 0 Å². The topological polar surface area (TPSA) is 76.1 Å². The van der Waals surface area contributed by atoms with E-state index in [9.17, 15) is 19.1 Å². The number of Topliss-reactive ketones (excluding diaryl/α,β-unsaturated/α-hetero) is 1. The fourth-order valence-electron chi connectivity index (χ4n) is 4.19. The predicted molar refractivity (Wildman–Crippen MR) is 134 cm³/mol. The van der Waals surface area contributed by atoms with Gasteiger partial charge in [0.1, 0.15) is 23.9 Å². The predicted octanol–water partition coefficient (Wildman–Crippen LogP) is 5.04. The number of benzene rings is 3. The van der Waals surface area contributed by atoms with Crippen LogP contribution in [-0.4, -0.2) is 42.0 Å². The van der Waals surface area contributed by atoms with Gasteiger partial charge >= 0.3 is 0 Å². The molecular weight excluding hydrogens is 461 g/mol. The lowest BCUT2D eigenvalue weighted by molar-refractivity contribution is -0.140. The maximum atomic E-state index is 13.1. The first kappa shape index (κ1) is 25.1. The van der Waals surface area contributed by atoms with E-state index < -0.39 is 17.7 Å². The van der Waals surface area contributed by atoms with Gasteiger partial charge in [-0.05, 0) is 47.4 Å². The lowest BCUT2D eigenvalue weighted by Crippen LogP contribution is -2.32. The number of likely N-dealkylation sites (tertiary alicyclic amines) is 1. The quantitative estimate of drug-likeness (QED) is 0.259. The molecule has 1 aliphatic heterocycles. The van der Waals surface area contributed by atoms with E-state index in [1.807, 2.05) is 19.1 Å². The van der Waals surface area contributed by atoms with Gasteiger partial charge in [-0.1, -0.05) is 55.5 Å². The summed E-state index contributed by atoms with van der Waals surface area (Å²) in [6, 6.07) is 19.6. The molecule has 186 valence electrons. The minimum atomic E-state index is -0.767. The second-order valence-corrected chi connectivity index (χ2v) is 8.52. The largest absolute Gasteiger partial charge is 0.507 e. The maximum Gasteiger partial charge on any atom is 0.295 e. The van der Waals surface area contributed by atoms with E-state index in [0.717, 1.165) is 17.5 Å². The third-order valence-electron chi connectivity index (χ3n) is 6.23. The number of ketones is 1. The molecule has 0 aromatic heterocycles. The second kappa shape index (κ2) is 11.2. The first-order valence-electron chi connectivity index (χ1n) is 11.8. The molecule has 4 rings (SSSR count). The van der Waals surface area contributed by atoms with E-state index >= 15 is 0 Å². The highest BCUT2D eigenvalue weighted by Crippen LogP contribution is 2.39. The molecule has 3 aromatic rings. The number of hydrogen-bond acceptors (Lipinski definition) is 5. The summed E-state index contributed by atoms with van der Waals surface area (Å²) in [4.78, 5) is 27.4. The molecule has 1 atom stereocenters. The van der Waals surface area contributed by atoms with Crippen LogP contribution in [0.15, 0.2) is 78.4 Å². The van der Waals surface area contributed by atoms with Crippen LogP contribution in [0.4, 0.5) is 4.39 Å². The average molecular weight is 490 g/mol. The van der Waals surface area contributed by atoms with Crippen molar-refractivity contribution in [3.05, 3.63) is 106 Å². The van der Waals surface area contributed by atoms with Crippen LogP contribution in [-0.2, 0) is 27.4 Å². The summed E-state index contributed by atoms with van der Waals surface area (Å²) < 4.78 is 24.1. The summed E-state index contributed by atoms with van der Waals surface area (Å²) in [6.07, 6.45) is 0.845. The second-order valence-electron chi connectivity index (χ2n) is 8.52. The van der Waals surface area contributed by atoms with E-state index in [-0.39, 0.29) is 36.9 Å². The Hall–Kier alpha value is -3.97. The van der Waals surface area contributed by atoms with E-state index in [2.05, 4.69) is 0 Å². The van der Waals surface area contributed by atoms with Crippen LogP contribution in [0.1, 0.15) is 35.2 Å². The molecule has 0 saturated carbocycles. The van der Waals surface area contributed by atoms with Crippen LogP contribution in [0.5, 0.6) is 5.75 Å². The summed E-state index contributed by atoms with van der Waals surface area (Å²) in [7, 11) is 1.52. The van der Waals surface area contributed by atoms with Crippen molar-refractivity contribution in [2.24, 2.45) is 0 Å². The van der Waals surface area contributed by atoms with Gasteiger partial charge in [0.2, 0.25) is 0 Å². The van der Waals surface area contributed by atoms with Crippen LogP contribution < -0.4 is 4.74 Å². The zero-order valence-electron chi connectivity index (χ0n) is 20.2. The monoisotopic (exact) mass is 489 g/mol. The molecule has 0 aliphatic carbocycles. The van der Waals surface area contributed by atoms with Crippen molar-refractivity contribution in [2.75, 3.05) is 20.3 Å². The first-order chi connectivity index (χ1) is 17.4. The van der Waals surface area contributed by atoms with Crippen LogP contribution in [0.3, 0.4) is 0 Å². The molecule has 0 radical (unpaired) electrons. The SMILES string of the molecule is CCc1ccc(/C(O)=C2/C(=O)C(=O)N(CCOC)C2c2ccc(OCc3ccc(F)cc3)cc2)cc1. The highest BCUT2D eigenvalue weighted by molar-refractivity contribution is 6.46. The van der Waals surface area contributed by atoms with Crippen molar-refractivity contribution >= 4 is 17.4 Å². The van der Waals surface area contributed by atoms with E-state index in [0.29, 0.717) is 16.9 Å². The van der Waals surface area contributed by atoms with Crippen molar-refractivity contribution in [3.63, 3.8) is 0 Å². The summed E-state index contributed by atoms with van der Waals surface area (Å²) in [5.41, 5.74) is 3.09. The number of rotatable bonds is 9. The van der Waals surface area contributed by atoms with Gasteiger partial charge in [-0.15, -0.1) is 0 Å². The number of carbonyl (C=O) groups excluding carboxylic acids is 2. The highest BCUT2D eigenvalue weighted by Gasteiger charge is 2.45. The van der Waals surface area contributed by atoms with Gasteiger partial charge in [-0.2, -0.15) is 0 Å². The normalized spacial score (nSPS) is 17.0. The molecule has 36 heavy (non-hydrogen) atoms. The van der Waals surface area contributed by atoms with E-state index in [1.54, 1.807) is 48.5 Å². The molecule has 1 fully saturated rings.